The average molecular weight is 593 g/mol. The van der Waals surface area contributed by atoms with Gasteiger partial charge >= 0.3 is 0 Å². The Morgan fingerprint density at radius 3 is 1.88 bits per heavy atom. The maximum Gasteiger partial charge on any atom is 0.159 e. The highest BCUT2D eigenvalue weighted by atomic mass is 19.2. The zero-order valence-electron chi connectivity index (χ0n) is 27.4. The molecular formula is C37H50F2N2O2. The summed E-state index contributed by atoms with van der Waals surface area (Å²) in [6.45, 7) is 22.7. The average Bonchev–Trinajstić information content (AvgIpc) is 3.00. The third kappa shape index (κ3) is 15.8. The van der Waals surface area contributed by atoms with Crippen LogP contribution in [0.2, 0.25) is 0 Å². The van der Waals surface area contributed by atoms with Crippen molar-refractivity contribution in [3.05, 3.63) is 125 Å². The number of hydrogen-bond acceptors (Lipinski definition) is 4. The van der Waals surface area contributed by atoms with Crippen molar-refractivity contribution < 1.29 is 18.4 Å². The first-order valence-electron chi connectivity index (χ1n) is 14.4. The van der Waals surface area contributed by atoms with Crippen LogP contribution in [0.1, 0.15) is 77.6 Å². The maximum atomic E-state index is 12.5. The lowest BCUT2D eigenvalue weighted by Crippen LogP contribution is -2.16. The Morgan fingerprint density at radius 1 is 0.907 bits per heavy atom. The molecule has 0 amide bonds. The molecule has 0 heterocycles. The van der Waals surface area contributed by atoms with Gasteiger partial charge in [-0.3, -0.25) is 4.79 Å². The van der Waals surface area contributed by atoms with Crippen molar-refractivity contribution in [2.45, 2.75) is 74.0 Å². The molecule has 0 unspecified atom stereocenters. The molecule has 234 valence electrons. The zero-order chi connectivity index (χ0) is 33.0. The maximum absolute atomic E-state index is 12.5. The monoisotopic (exact) mass is 592 g/mol. The summed E-state index contributed by atoms with van der Waals surface area (Å²) in [6, 6.07) is 22.2. The number of hydrogen-bond donors (Lipinski definition) is 1. The molecule has 0 aromatic heterocycles. The van der Waals surface area contributed by atoms with Gasteiger partial charge in [-0.25, -0.2) is 8.78 Å². The number of aldehydes is 1. The first-order valence-corrected chi connectivity index (χ1v) is 14.4. The lowest BCUT2D eigenvalue weighted by atomic mass is 9.94. The van der Waals surface area contributed by atoms with Crippen LogP contribution in [0.15, 0.2) is 96.7 Å². The Balaban J connectivity index is 0.000000691. The van der Waals surface area contributed by atoms with E-state index in [0.717, 1.165) is 52.3 Å². The highest BCUT2D eigenvalue weighted by Gasteiger charge is 2.12. The van der Waals surface area contributed by atoms with Gasteiger partial charge in [0.25, 0.3) is 0 Å². The second kappa shape index (κ2) is 20.9. The Bertz CT molecular complexity index is 1280. The standard InChI is InChI=1S/C19H27NO2.C8H9F2N.C8H10.C2H4/c1-13(2)14(3)18(12-21)17-10-8-16(9-11-17)15(4)20-22-19(5,6)7;1-11-5-6-2-3-7(9)8(10)4-6;1-2-8-6-4-3-5-7-8;1-2/h8-13H,1-7H3;2-4,11H,5H2,1H3;3-7H,2H2,1H3;1-2H2/b18-14+,20-15+;;;. The molecule has 3 aromatic carbocycles. The van der Waals surface area contributed by atoms with E-state index in [4.69, 9.17) is 4.84 Å². The molecule has 0 bridgehead atoms. The molecule has 0 aliphatic heterocycles. The van der Waals surface area contributed by atoms with Crippen molar-refractivity contribution in [3.8, 4) is 0 Å². The quantitative estimate of drug-likeness (QED) is 0.0932. The summed E-state index contributed by atoms with van der Waals surface area (Å²) >= 11 is 0. The van der Waals surface area contributed by atoms with Crippen molar-refractivity contribution in [2.24, 2.45) is 11.1 Å². The van der Waals surface area contributed by atoms with Crippen LogP contribution in [0.4, 0.5) is 8.78 Å². The van der Waals surface area contributed by atoms with Gasteiger partial charge in [-0.2, -0.15) is 0 Å². The van der Waals surface area contributed by atoms with Gasteiger partial charge in [-0.1, -0.05) is 92.2 Å². The molecular weight excluding hydrogens is 542 g/mol. The number of carbonyl (C=O) groups is 1. The number of benzene rings is 3. The van der Waals surface area contributed by atoms with Crippen LogP contribution in [-0.2, 0) is 22.6 Å². The van der Waals surface area contributed by atoms with Crippen molar-refractivity contribution >= 4 is 17.6 Å². The number of nitrogens with zero attached hydrogens (tertiary/aromatic N) is 1. The first kappa shape index (κ1) is 39.1. The lowest BCUT2D eigenvalue weighted by Gasteiger charge is -2.16. The zero-order valence-corrected chi connectivity index (χ0v) is 27.4. The molecule has 1 N–H and O–H groups in total. The number of nitrogens with one attached hydrogen (secondary N) is 1. The molecule has 3 rings (SSSR count). The van der Waals surface area contributed by atoms with Crippen LogP contribution in [0.3, 0.4) is 0 Å². The van der Waals surface area contributed by atoms with E-state index in [2.05, 4.69) is 68.7 Å². The van der Waals surface area contributed by atoms with Crippen LogP contribution in [0.25, 0.3) is 5.57 Å². The largest absolute Gasteiger partial charge is 0.390 e. The lowest BCUT2D eigenvalue weighted by molar-refractivity contribution is -0.103. The van der Waals surface area contributed by atoms with E-state index < -0.39 is 11.6 Å². The number of oxime groups is 1. The number of rotatable bonds is 8. The van der Waals surface area contributed by atoms with E-state index in [9.17, 15) is 13.6 Å². The van der Waals surface area contributed by atoms with E-state index in [1.165, 1.54) is 11.6 Å². The van der Waals surface area contributed by atoms with E-state index in [1.54, 1.807) is 13.1 Å². The second-order valence-corrected chi connectivity index (χ2v) is 10.9. The Kier molecular flexibility index (Phi) is 19.0. The molecule has 3 aromatic rings. The molecule has 0 atom stereocenters. The molecule has 0 aliphatic carbocycles. The molecule has 0 aliphatic rings. The van der Waals surface area contributed by atoms with Crippen LogP contribution in [0.5, 0.6) is 0 Å². The fourth-order valence-electron chi connectivity index (χ4n) is 3.42. The number of aryl methyl sites for hydroxylation is 1. The fourth-order valence-corrected chi connectivity index (χ4v) is 3.42. The SMILES string of the molecule is C/C(=C(/C=O)c1ccc(/C(C)=N/OC(C)(C)C)cc1)C(C)C.C=C.CCc1ccccc1.CNCc1ccc(F)c(F)c1. The third-order valence-electron chi connectivity index (χ3n) is 6.09. The smallest absolute Gasteiger partial charge is 0.159 e. The summed E-state index contributed by atoms with van der Waals surface area (Å²) in [5.41, 5.74) is 6.46. The van der Waals surface area contributed by atoms with Gasteiger partial charge in [0.2, 0.25) is 0 Å². The summed E-state index contributed by atoms with van der Waals surface area (Å²) in [7, 11) is 1.75. The number of halogens is 2. The molecule has 6 heteroatoms. The van der Waals surface area contributed by atoms with Crippen molar-refractivity contribution in [1.29, 1.82) is 0 Å². The summed E-state index contributed by atoms with van der Waals surface area (Å²) in [5.74, 6) is -1.24. The van der Waals surface area contributed by atoms with Gasteiger partial charge in [0.1, 0.15) is 5.60 Å². The highest BCUT2D eigenvalue weighted by Crippen LogP contribution is 2.22. The van der Waals surface area contributed by atoms with Gasteiger partial charge in [-0.15, -0.1) is 13.2 Å². The van der Waals surface area contributed by atoms with Crippen LogP contribution in [0, 0.1) is 17.6 Å². The van der Waals surface area contributed by atoms with E-state index >= 15 is 0 Å². The normalized spacial score (nSPS) is 11.5. The van der Waals surface area contributed by atoms with Crippen molar-refractivity contribution in [2.75, 3.05) is 7.05 Å². The van der Waals surface area contributed by atoms with Gasteiger partial charge in [-0.05, 0) is 88.4 Å². The predicted molar refractivity (Wildman–Crippen MR) is 179 cm³/mol. The van der Waals surface area contributed by atoms with Gasteiger partial charge in [0, 0.05) is 12.1 Å². The topological polar surface area (TPSA) is 50.7 Å². The summed E-state index contributed by atoms with van der Waals surface area (Å²) in [6.07, 6.45) is 2.08. The molecule has 0 saturated carbocycles. The molecule has 0 fully saturated rings. The minimum absolute atomic E-state index is 0.303. The van der Waals surface area contributed by atoms with Crippen LogP contribution < -0.4 is 5.32 Å². The predicted octanol–water partition coefficient (Wildman–Crippen LogP) is 9.59. The highest BCUT2D eigenvalue weighted by molar-refractivity contribution is 6.08. The minimum atomic E-state index is -0.801. The number of carbonyl (C=O) groups excluding carboxylic acids is 1. The molecule has 0 radical (unpaired) electrons. The molecule has 4 nitrogen and oxygen atoms in total. The van der Waals surface area contributed by atoms with E-state index in [-0.39, 0.29) is 5.60 Å². The molecule has 0 saturated heterocycles. The van der Waals surface area contributed by atoms with Gasteiger partial charge < -0.3 is 10.2 Å². The van der Waals surface area contributed by atoms with Crippen molar-refractivity contribution in [1.82, 2.24) is 5.32 Å². The Morgan fingerprint density at radius 2 is 1.47 bits per heavy atom. The van der Waals surface area contributed by atoms with Gasteiger partial charge in [0.05, 0.1) is 5.71 Å². The fraction of sp³-hybridized carbons (Fsp3) is 0.351. The second-order valence-electron chi connectivity index (χ2n) is 10.9. The van der Waals surface area contributed by atoms with Crippen molar-refractivity contribution in [3.63, 3.8) is 0 Å². The Labute approximate surface area is 258 Å². The minimum Gasteiger partial charge on any atom is -0.390 e. The Hall–Kier alpha value is -3.90. The summed E-state index contributed by atoms with van der Waals surface area (Å²) in [4.78, 5) is 16.8. The van der Waals surface area contributed by atoms with E-state index in [0.29, 0.717) is 12.5 Å². The summed E-state index contributed by atoms with van der Waals surface area (Å²) in [5, 5.41) is 7.00. The van der Waals surface area contributed by atoms with E-state index in [1.807, 2.05) is 65.0 Å². The molecule has 0 spiro atoms. The first-order chi connectivity index (χ1) is 20.3. The third-order valence-corrected chi connectivity index (χ3v) is 6.09. The summed E-state index contributed by atoms with van der Waals surface area (Å²) < 4.78 is 24.8. The number of allylic oxidation sites excluding steroid dienone is 2. The van der Waals surface area contributed by atoms with Crippen LogP contribution in [-0.4, -0.2) is 24.6 Å². The van der Waals surface area contributed by atoms with Crippen LogP contribution >= 0.6 is 0 Å². The van der Waals surface area contributed by atoms with Gasteiger partial charge in [0.15, 0.2) is 17.9 Å². The molecule has 43 heavy (non-hydrogen) atoms.